The lowest BCUT2D eigenvalue weighted by molar-refractivity contribution is -0.385. The molecule has 92 valence electrons. The van der Waals surface area contributed by atoms with Gasteiger partial charge in [0.2, 0.25) is 12.1 Å². The molecule has 2 atom stereocenters. The normalized spacial score (nSPS) is 26.0. The largest absolute Gasteiger partial charge is 0.343 e. The predicted molar refractivity (Wildman–Crippen MR) is 58.5 cm³/mol. The fourth-order valence-corrected chi connectivity index (χ4v) is 1.99. The van der Waals surface area contributed by atoms with E-state index in [1.165, 1.54) is 24.4 Å². The smallest absolute Gasteiger partial charge is 0.295 e. The SMILES string of the molecule is O=C1C(c2ncccc2[N+](=O)[O-])=C[C@H]2CO[C@@H]1O2. The van der Waals surface area contributed by atoms with Crippen LogP contribution in [0.5, 0.6) is 0 Å². The molecular formula is C11H8N2O5. The number of hydrogen-bond acceptors (Lipinski definition) is 6. The quantitative estimate of drug-likeness (QED) is 0.565. The lowest BCUT2D eigenvalue weighted by atomic mass is 10.0. The summed E-state index contributed by atoms with van der Waals surface area (Å²) in [4.78, 5) is 26.3. The Morgan fingerprint density at radius 3 is 3.11 bits per heavy atom. The van der Waals surface area contributed by atoms with Crippen molar-refractivity contribution < 1.29 is 19.2 Å². The van der Waals surface area contributed by atoms with E-state index in [1.54, 1.807) is 0 Å². The fraction of sp³-hybridized carbons (Fsp3) is 0.273. The van der Waals surface area contributed by atoms with Crippen LogP contribution in [0.1, 0.15) is 5.69 Å². The lowest BCUT2D eigenvalue weighted by Crippen LogP contribution is -2.28. The summed E-state index contributed by atoms with van der Waals surface area (Å²) in [6.45, 7) is 0.278. The van der Waals surface area contributed by atoms with E-state index in [1.807, 2.05) is 0 Å². The zero-order chi connectivity index (χ0) is 12.7. The topological polar surface area (TPSA) is 91.6 Å². The van der Waals surface area contributed by atoms with Crippen LogP contribution in [0.3, 0.4) is 0 Å². The van der Waals surface area contributed by atoms with Gasteiger partial charge in [-0.3, -0.25) is 14.9 Å². The van der Waals surface area contributed by atoms with Gasteiger partial charge in [0.1, 0.15) is 6.10 Å². The van der Waals surface area contributed by atoms with Gasteiger partial charge in [0.25, 0.3) is 5.69 Å². The van der Waals surface area contributed by atoms with E-state index in [0.717, 1.165) is 0 Å². The summed E-state index contributed by atoms with van der Waals surface area (Å²) in [6.07, 6.45) is 1.64. The number of carbonyl (C=O) groups is 1. The Balaban J connectivity index is 2.10. The Morgan fingerprint density at radius 2 is 2.33 bits per heavy atom. The van der Waals surface area contributed by atoms with Crippen LogP contribution < -0.4 is 0 Å². The molecule has 1 aromatic rings. The number of ether oxygens (including phenoxy) is 2. The fourth-order valence-electron chi connectivity index (χ4n) is 1.99. The minimum absolute atomic E-state index is 0.0660. The average Bonchev–Trinajstić information content (AvgIpc) is 2.78. The van der Waals surface area contributed by atoms with E-state index in [-0.39, 0.29) is 29.7 Å². The Labute approximate surface area is 101 Å². The highest BCUT2D eigenvalue weighted by atomic mass is 16.7. The van der Waals surface area contributed by atoms with E-state index < -0.39 is 17.0 Å². The number of aromatic nitrogens is 1. The molecule has 2 bridgehead atoms. The first-order valence-corrected chi connectivity index (χ1v) is 5.29. The molecule has 0 radical (unpaired) electrons. The molecule has 0 amide bonds. The zero-order valence-electron chi connectivity index (χ0n) is 9.11. The highest BCUT2D eigenvalue weighted by Crippen LogP contribution is 2.32. The molecule has 2 aliphatic heterocycles. The second-order valence-electron chi connectivity index (χ2n) is 3.91. The molecule has 0 N–H and O–H groups in total. The van der Waals surface area contributed by atoms with Gasteiger partial charge in [-0.15, -0.1) is 0 Å². The Hall–Kier alpha value is -2.12. The number of nitro groups is 1. The third-order valence-corrected chi connectivity index (χ3v) is 2.78. The maximum absolute atomic E-state index is 12.0. The van der Waals surface area contributed by atoms with E-state index in [9.17, 15) is 14.9 Å². The maximum Gasteiger partial charge on any atom is 0.295 e. The number of pyridine rings is 1. The number of ketones is 1. The predicted octanol–water partition coefficient (Wildman–Crippen LogP) is 0.697. The van der Waals surface area contributed by atoms with Crippen LogP contribution >= 0.6 is 0 Å². The van der Waals surface area contributed by atoms with Crippen molar-refractivity contribution in [3.8, 4) is 0 Å². The molecule has 7 nitrogen and oxygen atoms in total. The number of fused-ring (bicyclic) bond motifs is 2. The summed E-state index contributed by atoms with van der Waals surface area (Å²) in [6, 6.07) is 2.77. The van der Waals surface area contributed by atoms with Gasteiger partial charge in [0.15, 0.2) is 5.69 Å². The highest BCUT2D eigenvalue weighted by molar-refractivity contribution is 6.23. The van der Waals surface area contributed by atoms with E-state index >= 15 is 0 Å². The molecule has 3 rings (SSSR count). The van der Waals surface area contributed by atoms with E-state index in [2.05, 4.69) is 4.98 Å². The molecule has 0 aromatic carbocycles. The van der Waals surface area contributed by atoms with Gasteiger partial charge < -0.3 is 9.47 Å². The molecule has 0 saturated carbocycles. The molecule has 2 aliphatic rings. The van der Waals surface area contributed by atoms with Crippen LogP contribution in [0.25, 0.3) is 5.57 Å². The van der Waals surface area contributed by atoms with Crippen molar-refractivity contribution in [2.75, 3.05) is 6.61 Å². The van der Waals surface area contributed by atoms with Gasteiger partial charge in [-0.2, -0.15) is 0 Å². The first-order chi connectivity index (χ1) is 8.66. The van der Waals surface area contributed by atoms with Gasteiger partial charge in [-0.05, 0) is 12.1 Å². The van der Waals surface area contributed by atoms with Crippen molar-refractivity contribution >= 4 is 17.0 Å². The Bertz CT molecular complexity index is 568. The number of rotatable bonds is 2. The van der Waals surface area contributed by atoms with Gasteiger partial charge >= 0.3 is 0 Å². The van der Waals surface area contributed by atoms with Crippen LogP contribution in [0, 0.1) is 10.1 Å². The highest BCUT2D eigenvalue weighted by Gasteiger charge is 2.40. The average molecular weight is 248 g/mol. The van der Waals surface area contributed by atoms with Crippen LogP contribution in [0.2, 0.25) is 0 Å². The van der Waals surface area contributed by atoms with Gasteiger partial charge in [0.05, 0.1) is 17.1 Å². The molecule has 0 unspecified atom stereocenters. The number of nitrogens with zero attached hydrogens (tertiary/aromatic N) is 2. The molecule has 18 heavy (non-hydrogen) atoms. The molecule has 1 saturated heterocycles. The van der Waals surface area contributed by atoms with E-state index in [0.29, 0.717) is 0 Å². The summed E-state index contributed by atoms with van der Waals surface area (Å²) < 4.78 is 10.3. The van der Waals surface area contributed by atoms with Crippen molar-refractivity contribution in [1.82, 2.24) is 4.98 Å². The standard InChI is InChI=1S/C11H8N2O5/c14-10-7(4-6-5-17-11(10)18-6)9-8(13(15)16)2-1-3-12-9/h1-4,6,11H,5H2/t6-,11+/m0/s1. The van der Waals surface area contributed by atoms with E-state index in [4.69, 9.17) is 9.47 Å². The lowest BCUT2D eigenvalue weighted by Gasteiger charge is -2.16. The van der Waals surface area contributed by atoms with Gasteiger partial charge in [-0.1, -0.05) is 0 Å². The molecule has 3 heterocycles. The summed E-state index contributed by atoms with van der Waals surface area (Å²) >= 11 is 0. The molecule has 0 spiro atoms. The number of carbonyl (C=O) groups excluding carboxylic acids is 1. The van der Waals surface area contributed by atoms with Crippen molar-refractivity contribution in [2.24, 2.45) is 0 Å². The monoisotopic (exact) mass is 248 g/mol. The summed E-state index contributed by atoms with van der Waals surface area (Å²) in [7, 11) is 0. The van der Waals surface area contributed by atoms with Gasteiger partial charge in [-0.25, -0.2) is 4.98 Å². The van der Waals surface area contributed by atoms with Crippen LogP contribution in [-0.2, 0) is 14.3 Å². The number of Topliss-reactive ketones (excluding diaryl/α,β-unsaturated/α-hetero) is 1. The summed E-state index contributed by atoms with van der Waals surface area (Å²) in [5.74, 6) is -0.425. The van der Waals surface area contributed by atoms with Crippen molar-refractivity contribution in [2.45, 2.75) is 12.4 Å². The maximum atomic E-state index is 12.0. The third kappa shape index (κ3) is 1.60. The van der Waals surface area contributed by atoms with Crippen LogP contribution in [0.4, 0.5) is 5.69 Å². The zero-order valence-corrected chi connectivity index (χ0v) is 9.11. The van der Waals surface area contributed by atoms with Gasteiger partial charge in [0, 0.05) is 12.3 Å². The van der Waals surface area contributed by atoms with Crippen molar-refractivity contribution in [1.29, 1.82) is 0 Å². The second kappa shape index (κ2) is 3.97. The molecule has 1 aromatic heterocycles. The Kier molecular flexibility index (Phi) is 2.42. The first-order valence-electron chi connectivity index (χ1n) is 5.29. The minimum Gasteiger partial charge on any atom is -0.343 e. The molecule has 0 aliphatic carbocycles. The van der Waals surface area contributed by atoms with Crippen LogP contribution in [-0.4, -0.2) is 34.7 Å². The minimum atomic E-state index is -0.961. The Morgan fingerprint density at radius 1 is 1.50 bits per heavy atom. The molecule has 1 fully saturated rings. The van der Waals surface area contributed by atoms with Crippen molar-refractivity contribution in [3.63, 3.8) is 0 Å². The first kappa shape index (κ1) is 11.0. The summed E-state index contributed by atoms with van der Waals surface area (Å²) in [5, 5.41) is 10.9. The number of hydrogen-bond donors (Lipinski definition) is 0. The summed E-state index contributed by atoms with van der Waals surface area (Å²) in [5.41, 5.74) is 0.0655. The second-order valence-corrected chi connectivity index (χ2v) is 3.91. The van der Waals surface area contributed by atoms with Crippen molar-refractivity contribution in [3.05, 3.63) is 40.2 Å². The molecule has 7 heteroatoms. The third-order valence-electron chi connectivity index (χ3n) is 2.78. The molecular weight excluding hydrogens is 240 g/mol. The van der Waals surface area contributed by atoms with Crippen LogP contribution in [0.15, 0.2) is 24.4 Å².